The molecule has 2 saturated carbocycles. The zero-order chi connectivity index (χ0) is 8.28. The summed E-state index contributed by atoms with van der Waals surface area (Å²) in [5, 5.41) is 0. The van der Waals surface area contributed by atoms with E-state index < -0.39 is 0 Å². The fraction of sp³-hybridized carbons (Fsp3) is 1.00. The molecule has 2 rings (SSSR count). The van der Waals surface area contributed by atoms with Crippen molar-refractivity contribution in [3.05, 3.63) is 0 Å². The van der Waals surface area contributed by atoms with E-state index in [1.165, 1.54) is 19.3 Å². The zero-order valence-corrected chi connectivity index (χ0v) is 8.28. The zero-order valence-electron chi connectivity index (χ0n) is 8.28. The van der Waals surface area contributed by atoms with Crippen LogP contribution >= 0.6 is 0 Å². The largest absolute Gasteiger partial charge is 0.0651 e. The lowest BCUT2D eigenvalue weighted by Gasteiger charge is -2.12. The van der Waals surface area contributed by atoms with Crippen molar-refractivity contribution in [1.82, 2.24) is 0 Å². The van der Waals surface area contributed by atoms with Gasteiger partial charge in [-0.1, -0.05) is 34.1 Å². The first kappa shape index (κ1) is 7.64. The van der Waals surface area contributed by atoms with Gasteiger partial charge in [-0.15, -0.1) is 0 Å². The van der Waals surface area contributed by atoms with Crippen LogP contribution in [-0.4, -0.2) is 0 Å². The van der Waals surface area contributed by atoms with Crippen molar-refractivity contribution in [1.29, 1.82) is 0 Å². The summed E-state index contributed by atoms with van der Waals surface area (Å²) in [6.07, 6.45) is 4.40. The third-order valence-electron chi connectivity index (χ3n) is 4.26. The molecular weight excluding hydrogens is 132 g/mol. The van der Waals surface area contributed by atoms with Gasteiger partial charge in [0.15, 0.2) is 0 Å². The average Bonchev–Trinajstić information content (AvgIpc) is 2.72. The van der Waals surface area contributed by atoms with Crippen LogP contribution in [0.4, 0.5) is 0 Å². The van der Waals surface area contributed by atoms with Crippen molar-refractivity contribution in [3.8, 4) is 0 Å². The van der Waals surface area contributed by atoms with E-state index in [9.17, 15) is 0 Å². The molecule has 0 aliphatic heterocycles. The summed E-state index contributed by atoms with van der Waals surface area (Å²) in [6, 6.07) is 0. The van der Waals surface area contributed by atoms with Gasteiger partial charge >= 0.3 is 0 Å². The second kappa shape index (κ2) is 1.84. The highest BCUT2D eigenvalue weighted by molar-refractivity contribution is 5.14. The molecule has 0 heteroatoms. The quantitative estimate of drug-likeness (QED) is 0.568. The Morgan fingerprint density at radius 2 is 1.73 bits per heavy atom. The molecule has 0 spiro atoms. The second-order valence-electron chi connectivity index (χ2n) is 5.56. The smallest absolute Gasteiger partial charge is 0.0261 e. The summed E-state index contributed by atoms with van der Waals surface area (Å²) in [5.74, 6) is 2.12. The maximum Gasteiger partial charge on any atom is -0.0261 e. The first-order valence-corrected chi connectivity index (χ1v) is 5.00. The average molecular weight is 152 g/mol. The summed E-state index contributed by atoms with van der Waals surface area (Å²) >= 11 is 0. The van der Waals surface area contributed by atoms with E-state index in [-0.39, 0.29) is 0 Å². The summed E-state index contributed by atoms with van der Waals surface area (Å²) < 4.78 is 0. The SMILES string of the molecule is CCC1CC1(C)C1CC1(C)C. The minimum Gasteiger partial charge on any atom is -0.0651 e. The molecule has 0 bridgehead atoms. The Balaban J connectivity index is 1.99. The van der Waals surface area contributed by atoms with E-state index in [1.54, 1.807) is 0 Å². The molecule has 3 atom stereocenters. The maximum absolute atomic E-state index is 2.50. The lowest BCUT2D eigenvalue weighted by Crippen LogP contribution is -2.05. The van der Waals surface area contributed by atoms with E-state index >= 15 is 0 Å². The van der Waals surface area contributed by atoms with Crippen LogP contribution in [-0.2, 0) is 0 Å². The molecule has 64 valence electrons. The Morgan fingerprint density at radius 3 is 2.00 bits per heavy atom. The van der Waals surface area contributed by atoms with Crippen molar-refractivity contribution in [2.24, 2.45) is 22.7 Å². The predicted octanol–water partition coefficient (Wildman–Crippen LogP) is 3.47. The van der Waals surface area contributed by atoms with Crippen LogP contribution in [0.5, 0.6) is 0 Å². The van der Waals surface area contributed by atoms with Gasteiger partial charge < -0.3 is 0 Å². The fourth-order valence-electron chi connectivity index (χ4n) is 3.10. The van der Waals surface area contributed by atoms with Gasteiger partial charge in [-0.05, 0) is 35.5 Å². The van der Waals surface area contributed by atoms with Gasteiger partial charge in [-0.3, -0.25) is 0 Å². The Labute approximate surface area is 70.4 Å². The molecule has 11 heavy (non-hydrogen) atoms. The van der Waals surface area contributed by atoms with Gasteiger partial charge in [-0.25, -0.2) is 0 Å². The van der Waals surface area contributed by atoms with Crippen molar-refractivity contribution < 1.29 is 0 Å². The highest BCUT2D eigenvalue weighted by Gasteiger charge is 2.65. The Morgan fingerprint density at radius 1 is 1.18 bits per heavy atom. The van der Waals surface area contributed by atoms with Crippen LogP contribution in [0.25, 0.3) is 0 Å². The number of rotatable bonds is 2. The second-order valence-corrected chi connectivity index (χ2v) is 5.56. The number of hydrogen-bond acceptors (Lipinski definition) is 0. The van der Waals surface area contributed by atoms with Gasteiger partial charge in [0.25, 0.3) is 0 Å². The molecule has 0 saturated heterocycles. The predicted molar refractivity (Wildman–Crippen MR) is 48.4 cm³/mol. The van der Waals surface area contributed by atoms with Gasteiger partial charge in [0, 0.05) is 0 Å². The normalized spacial score (nSPS) is 52.4. The fourth-order valence-corrected chi connectivity index (χ4v) is 3.10. The Kier molecular flexibility index (Phi) is 1.28. The summed E-state index contributed by atoms with van der Waals surface area (Å²) in [5.41, 5.74) is 1.46. The molecule has 0 nitrogen and oxygen atoms in total. The number of hydrogen-bond donors (Lipinski definition) is 0. The molecule has 0 N–H and O–H groups in total. The summed E-state index contributed by atoms with van der Waals surface area (Å²) in [6.45, 7) is 9.69. The summed E-state index contributed by atoms with van der Waals surface area (Å²) in [7, 11) is 0. The van der Waals surface area contributed by atoms with Crippen LogP contribution in [0.15, 0.2) is 0 Å². The van der Waals surface area contributed by atoms with Gasteiger partial charge in [0.1, 0.15) is 0 Å². The monoisotopic (exact) mass is 152 g/mol. The molecule has 2 aliphatic carbocycles. The summed E-state index contributed by atoms with van der Waals surface area (Å²) in [4.78, 5) is 0. The molecule has 2 fully saturated rings. The van der Waals surface area contributed by atoms with Crippen molar-refractivity contribution in [2.75, 3.05) is 0 Å². The maximum atomic E-state index is 2.50. The van der Waals surface area contributed by atoms with Crippen molar-refractivity contribution in [3.63, 3.8) is 0 Å². The highest BCUT2D eigenvalue weighted by atomic mass is 14.7. The standard InChI is InChI=1S/C11H20/c1-5-8-6-11(8,4)9-7-10(9,2)3/h8-9H,5-7H2,1-4H3. The third-order valence-corrected chi connectivity index (χ3v) is 4.26. The molecule has 0 aromatic rings. The third kappa shape index (κ3) is 0.947. The van der Waals surface area contributed by atoms with E-state index in [1.807, 2.05) is 0 Å². The van der Waals surface area contributed by atoms with Gasteiger partial charge in [0.2, 0.25) is 0 Å². The van der Waals surface area contributed by atoms with Crippen LogP contribution in [0, 0.1) is 22.7 Å². The minimum absolute atomic E-state index is 0.693. The lowest BCUT2D eigenvalue weighted by molar-refractivity contribution is 0.366. The molecule has 0 aromatic heterocycles. The van der Waals surface area contributed by atoms with Crippen LogP contribution < -0.4 is 0 Å². The topological polar surface area (TPSA) is 0 Å². The van der Waals surface area contributed by atoms with Crippen molar-refractivity contribution >= 4 is 0 Å². The minimum atomic E-state index is 0.693. The van der Waals surface area contributed by atoms with Gasteiger partial charge in [-0.2, -0.15) is 0 Å². The highest BCUT2D eigenvalue weighted by Crippen LogP contribution is 2.73. The molecule has 0 aromatic carbocycles. The molecule has 0 heterocycles. The lowest BCUT2D eigenvalue weighted by atomic mass is 9.93. The molecular formula is C11H20. The molecule has 2 aliphatic rings. The van der Waals surface area contributed by atoms with Crippen LogP contribution in [0.2, 0.25) is 0 Å². The Hall–Kier alpha value is 0. The molecule has 0 amide bonds. The first-order chi connectivity index (χ1) is 5.00. The van der Waals surface area contributed by atoms with E-state index in [2.05, 4.69) is 27.7 Å². The van der Waals surface area contributed by atoms with E-state index in [0.717, 1.165) is 17.3 Å². The van der Waals surface area contributed by atoms with E-state index in [4.69, 9.17) is 0 Å². The van der Waals surface area contributed by atoms with E-state index in [0.29, 0.717) is 5.41 Å². The molecule has 0 radical (unpaired) electrons. The Bertz CT molecular complexity index is 180. The molecule has 3 unspecified atom stereocenters. The van der Waals surface area contributed by atoms with Crippen LogP contribution in [0.3, 0.4) is 0 Å². The van der Waals surface area contributed by atoms with Gasteiger partial charge in [0.05, 0.1) is 0 Å². The first-order valence-electron chi connectivity index (χ1n) is 5.00. The van der Waals surface area contributed by atoms with Crippen molar-refractivity contribution in [2.45, 2.75) is 47.0 Å². The van der Waals surface area contributed by atoms with Crippen LogP contribution in [0.1, 0.15) is 47.0 Å².